The summed E-state index contributed by atoms with van der Waals surface area (Å²) in [4.78, 5) is 19.6. The summed E-state index contributed by atoms with van der Waals surface area (Å²) in [5.41, 5.74) is 2.58. The summed E-state index contributed by atoms with van der Waals surface area (Å²) >= 11 is 0. The summed E-state index contributed by atoms with van der Waals surface area (Å²) in [7, 11) is 0. The fourth-order valence-corrected chi connectivity index (χ4v) is 3.58. The maximum absolute atomic E-state index is 13.1. The van der Waals surface area contributed by atoms with E-state index in [0.29, 0.717) is 25.3 Å². The van der Waals surface area contributed by atoms with Gasteiger partial charge in [0.25, 0.3) is 5.91 Å². The molecule has 26 heavy (non-hydrogen) atoms. The van der Waals surface area contributed by atoms with Crippen molar-refractivity contribution in [2.75, 3.05) is 19.8 Å². The van der Waals surface area contributed by atoms with Gasteiger partial charge in [0.1, 0.15) is 0 Å². The lowest BCUT2D eigenvalue weighted by Crippen LogP contribution is -2.48. The Kier molecular flexibility index (Phi) is 4.67. The van der Waals surface area contributed by atoms with Crippen LogP contribution in [0.25, 0.3) is 22.0 Å². The zero-order valence-electron chi connectivity index (χ0n) is 14.9. The number of benzene rings is 2. The molecule has 1 fully saturated rings. The van der Waals surface area contributed by atoms with E-state index in [1.165, 1.54) is 0 Å². The van der Waals surface area contributed by atoms with Gasteiger partial charge in [-0.1, -0.05) is 43.3 Å². The van der Waals surface area contributed by atoms with E-state index in [9.17, 15) is 4.79 Å². The van der Waals surface area contributed by atoms with Crippen molar-refractivity contribution in [1.29, 1.82) is 0 Å². The summed E-state index contributed by atoms with van der Waals surface area (Å²) in [5.74, 6) is 0.0715. The fraction of sp³-hybridized carbons (Fsp3) is 0.273. The molecule has 3 aromatic rings. The molecular formula is C22H22N2O2. The van der Waals surface area contributed by atoms with Crippen LogP contribution in [-0.2, 0) is 4.74 Å². The van der Waals surface area contributed by atoms with Gasteiger partial charge >= 0.3 is 0 Å². The Bertz CT molecular complexity index is 933. The molecule has 0 aliphatic carbocycles. The second-order valence-electron chi connectivity index (χ2n) is 6.60. The van der Waals surface area contributed by atoms with Crippen LogP contribution in [0.4, 0.5) is 0 Å². The van der Waals surface area contributed by atoms with Gasteiger partial charge in [0.2, 0.25) is 0 Å². The van der Waals surface area contributed by atoms with Crippen molar-refractivity contribution in [3.05, 3.63) is 66.4 Å². The van der Waals surface area contributed by atoms with E-state index >= 15 is 0 Å². The van der Waals surface area contributed by atoms with Crippen LogP contribution in [0.15, 0.2) is 60.8 Å². The largest absolute Gasteiger partial charge is 0.377 e. The average molecular weight is 346 g/mol. The zero-order valence-corrected chi connectivity index (χ0v) is 14.9. The maximum Gasteiger partial charge on any atom is 0.254 e. The molecule has 0 spiro atoms. The van der Waals surface area contributed by atoms with Crippen LogP contribution in [0.1, 0.15) is 23.7 Å². The van der Waals surface area contributed by atoms with Crippen molar-refractivity contribution in [2.45, 2.75) is 19.4 Å². The van der Waals surface area contributed by atoms with Crippen LogP contribution < -0.4 is 0 Å². The smallest absolute Gasteiger partial charge is 0.254 e. The third-order valence-corrected chi connectivity index (χ3v) is 5.02. The molecule has 1 aromatic heterocycles. The Morgan fingerprint density at radius 2 is 2.08 bits per heavy atom. The molecule has 0 bridgehead atoms. The van der Waals surface area contributed by atoms with Gasteiger partial charge < -0.3 is 9.64 Å². The molecule has 4 nitrogen and oxygen atoms in total. The first-order valence-electron chi connectivity index (χ1n) is 9.11. The number of aromatic nitrogens is 1. The normalized spacial score (nSPS) is 17.4. The number of hydrogen-bond donors (Lipinski definition) is 0. The third kappa shape index (κ3) is 3.08. The molecule has 0 unspecified atom stereocenters. The number of carbonyl (C=O) groups is 1. The molecule has 1 amide bonds. The summed E-state index contributed by atoms with van der Waals surface area (Å²) in [6, 6.07) is 18.1. The Hall–Kier alpha value is -2.72. The Balaban J connectivity index is 1.71. The zero-order chi connectivity index (χ0) is 17.9. The van der Waals surface area contributed by atoms with Crippen molar-refractivity contribution in [1.82, 2.24) is 9.88 Å². The molecule has 4 heteroatoms. The number of amides is 1. The predicted octanol–water partition coefficient (Wildman–Crippen LogP) is 4.15. The topological polar surface area (TPSA) is 42.4 Å². The lowest BCUT2D eigenvalue weighted by molar-refractivity contribution is -0.00279. The Morgan fingerprint density at radius 3 is 2.96 bits per heavy atom. The highest BCUT2D eigenvalue weighted by molar-refractivity contribution is 5.98. The van der Waals surface area contributed by atoms with Crippen LogP contribution in [0.3, 0.4) is 0 Å². The van der Waals surface area contributed by atoms with Gasteiger partial charge in [-0.05, 0) is 30.0 Å². The van der Waals surface area contributed by atoms with Crippen LogP contribution >= 0.6 is 0 Å². The quantitative estimate of drug-likeness (QED) is 0.715. The predicted molar refractivity (Wildman–Crippen MR) is 103 cm³/mol. The van der Waals surface area contributed by atoms with E-state index in [4.69, 9.17) is 4.74 Å². The second-order valence-corrected chi connectivity index (χ2v) is 6.60. The van der Waals surface area contributed by atoms with E-state index in [1.807, 2.05) is 53.6 Å². The van der Waals surface area contributed by atoms with Gasteiger partial charge in [-0.2, -0.15) is 0 Å². The minimum atomic E-state index is 0.0715. The summed E-state index contributed by atoms with van der Waals surface area (Å²) in [6.07, 6.45) is 2.72. The lowest BCUT2D eigenvalue weighted by atomic mass is 10.0. The van der Waals surface area contributed by atoms with Gasteiger partial charge in [0.05, 0.1) is 24.9 Å². The number of fused-ring (bicyclic) bond motifs is 1. The van der Waals surface area contributed by atoms with Crippen molar-refractivity contribution in [3.63, 3.8) is 0 Å². The van der Waals surface area contributed by atoms with Crippen molar-refractivity contribution in [3.8, 4) is 11.3 Å². The van der Waals surface area contributed by atoms with Crippen molar-refractivity contribution < 1.29 is 9.53 Å². The number of morpholine rings is 1. The summed E-state index contributed by atoms with van der Waals surface area (Å²) in [5, 5.41) is 2.24. The first-order valence-corrected chi connectivity index (χ1v) is 9.11. The van der Waals surface area contributed by atoms with Gasteiger partial charge in [-0.15, -0.1) is 0 Å². The molecule has 2 heterocycles. The molecule has 1 saturated heterocycles. The average Bonchev–Trinajstić information content (AvgIpc) is 2.73. The maximum atomic E-state index is 13.1. The van der Waals surface area contributed by atoms with E-state index < -0.39 is 0 Å². The molecule has 0 saturated carbocycles. The molecule has 0 radical (unpaired) electrons. The van der Waals surface area contributed by atoms with Crippen molar-refractivity contribution >= 4 is 16.7 Å². The minimum Gasteiger partial charge on any atom is -0.377 e. The number of carbonyl (C=O) groups excluding carboxylic acids is 1. The van der Waals surface area contributed by atoms with Crippen LogP contribution in [-0.4, -0.2) is 41.6 Å². The first kappa shape index (κ1) is 16.7. The first-order chi connectivity index (χ1) is 12.8. The summed E-state index contributed by atoms with van der Waals surface area (Å²) < 4.78 is 5.53. The van der Waals surface area contributed by atoms with E-state index in [0.717, 1.165) is 28.5 Å². The Labute approximate surface area is 153 Å². The molecule has 1 aliphatic rings. The highest BCUT2D eigenvalue weighted by Crippen LogP contribution is 2.27. The van der Waals surface area contributed by atoms with Crippen LogP contribution in [0.2, 0.25) is 0 Å². The van der Waals surface area contributed by atoms with Crippen molar-refractivity contribution in [2.24, 2.45) is 0 Å². The fourth-order valence-electron chi connectivity index (χ4n) is 3.58. The second kappa shape index (κ2) is 7.26. The van der Waals surface area contributed by atoms with Crippen LogP contribution in [0.5, 0.6) is 0 Å². The number of rotatable bonds is 3. The van der Waals surface area contributed by atoms with Crippen LogP contribution in [0, 0.1) is 0 Å². The summed E-state index contributed by atoms with van der Waals surface area (Å²) in [6.45, 7) is 3.96. The number of pyridine rings is 1. The lowest BCUT2D eigenvalue weighted by Gasteiger charge is -2.35. The van der Waals surface area contributed by atoms with E-state index in [1.54, 1.807) is 0 Å². The molecule has 1 aliphatic heterocycles. The highest BCUT2D eigenvalue weighted by atomic mass is 16.5. The SMILES string of the molecule is CC[C@@H]1COCCN1C(=O)c1cccc(-c2nccc3ccccc23)c1. The van der Waals surface area contributed by atoms with Gasteiger partial charge in [-0.25, -0.2) is 0 Å². The molecule has 0 N–H and O–H groups in total. The molecular weight excluding hydrogens is 324 g/mol. The third-order valence-electron chi connectivity index (χ3n) is 5.02. The van der Waals surface area contributed by atoms with Gasteiger partial charge in [0.15, 0.2) is 0 Å². The monoisotopic (exact) mass is 346 g/mol. The van der Waals surface area contributed by atoms with Gasteiger partial charge in [0, 0.05) is 29.3 Å². The molecule has 132 valence electrons. The standard InChI is InChI=1S/C22H22N2O2/c1-2-19-15-26-13-12-24(19)22(25)18-8-5-7-17(14-18)21-20-9-4-3-6-16(20)10-11-23-21/h3-11,14,19H,2,12-13,15H2,1H3/t19-/m1/s1. The molecule has 2 aromatic carbocycles. The number of nitrogens with zero attached hydrogens (tertiary/aromatic N) is 2. The highest BCUT2D eigenvalue weighted by Gasteiger charge is 2.26. The number of ether oxygens (including phenoxy) is 1. The molecule has 1 atom stereocenters. The Morgan fingerprint density at radius 1 is 1.19 bits per heavy atom. The minimum absolute atomic E-state index is 0.0715. The number of hydrogen-bond acceptors (Lipinski definition) is 3. The van der Waals surface area contributed by atoms with Gasteiger partial charge in [-0.3, -0.25) is 9.78 Å². The van der Waals surface area contributed by atoms with E-state index in [-0.39, 0.29) is 11.9 Å². The molecule has 4 rings (SSSR count). The van der Waals surface area contributed by atoms with E-state index in [2.05, 4.69) is 24.0 Å².